The van der Waals surface area contributed by atoms with Crippen molar-refractivity contribution in [3.8, 4) is 0 Å². The van der Waals surface area contributed by atoms with Gasteiger partial charge in [0.05, 0.1) is 16.3 Å². The number of nitrogens with one attached hydrogen (secondary N) is 2. The van der Waals surface area contributed by atoms with E-state index in [1.54, 1.807) is 0 Å². The Morgan fingerprint density at radius 2 is 1.35 bits per heavy atom. The Balaban J connectivity index is 1.87. The third-order valence-corrected chi connectivity index (χ3v) is 8.13. The van der Waals surface area contributed by atoms with Crippen molar-refractivity contribution in [2.75, 3.05) is 10.6 Å². The van der Waals surface area contributed by atoms with Gasteiger partial charge in [-0.05, 0) is 65.7 Å². The average Bonchev–Trinajstić information content (AvgIpc) is 2.84. The molecule has 0 aliphatic rings. The predicted octanol–water partition coefficient (Wildman–Crippen LogP) is 3.72. The van der Waals surface area contributed by atoms with Crippen LogP contribution < -0.4 is 16.4 Å². The lowest BCUT2D eigenvalue weighted by Gasteiger charge is -2.11. The number of hydrogen-bond donors (Lipinski definition) is 6. The molecule has 0 spiro atoms. The predicted molar refractivity (Wildman–Crippen MR) is 150 cm³/mol. The minimum Gasteiger partial charge on any atom is -0.351 e. The van der Waals surface area contributed by atoms with Crippen molar-refractivity contribution in [2.24, 2.45) is 16.0 Å². The second kappa shape index (κ2) is 11.5. The van der Waals surface area contributed by atoms with Crippen LogP contribution in [0.5, 0.6) is 0 Å². The fraction of sp³-hybridized carbons (Fsp3) is 0. The second-order valence-corrected chi connectivity index (χ2v) is 13.0. The number of aromatic nitrogens is 3. The Hall–Kier alpha value is -4.09. The number of carbonyl (C=O) groups excluding carboxylic acids is 1. The van der Waals surface area contributed by atoms with E-state index in [0.29, 0.717) is 18.2 Å². The fourth-order valence-corrected chi connectivity index (χ4v) is 5.96. The molecule has 43 heavy (non-hydrogen) atoms. The Bertz CT molecular complexity index is 2160. The van der Waals surface area contributed by atoms with E-state index in [2.05, 4.69) is 35.8 Å². The summed E-state index contributed by atoms with van der Waals surface area (Å²) in [6.07, 6.45) is 0. The largest absolute Gasteiger partial charge is 0.351 e. The van der Waals surface area contributed by atoms with E-state index >= 15 is 0 Å². The van der Waals surface area contributed by atoms with Crippen LogP contribution >= 0.6 is 23.2 Å². The highest BCUT2D eigenvalue weighted by molar-refractivity contribution is 7.87. The maximum Gasteiger partial charge on any atom is 0.316 e. The zero-order chi connectivity index (χ0) is 31.9. The molecule has 0 saturated heterocycles. The van der Waals surface area contributed by atoms with Crippen molar-refractivity contribution in [3.63, 3.8) is 0 Å². The summed E-state index contributed by atoms with van der Waals surface area (Å²) in [6.45, 7) is 0. The quantitative estimate of drug-likeness (QED) is 0.113. The molecular weight excluding hydrogens is 679 g/mol. The van der Waals surface area contributed by atoms with Gasteiger partial charge in [-0.3, -0.25) is 13.7 Å². The number of halogens is 2. The van der Waals surface area contributed by atoms with Crippen LogP contribution in [-0.4, -0.2) is 59.9 Å². The molecule has 3 aromatic carbocycles. The summed E-state index contributed by atoms with van der Waals surface area (Å²) < 4.78 is 101. The number of urea groups is 1. The lowest BCUT2D eigenvalue weighted by Crippen LogP contribution is -2.19. The number of nitrogens with zero attached hydrogens (tertiary/aromatic N) is 5. The number of amides is 2. The number of benzene rings is 3. The van der Waals surface area contributed by atoms with Crippen LogP contribution in [-0.2, 0) is 30.4 Å². The maximum absolute atomic E-state index is 12.2. The molecule has 0 fully saturated rings. The number of fused-ring (bicyclic) bond motifs is 1. The molecule has 23 heteroatoms. The van der Waals surface area contributed by atoms with Crippen LogP contribution in [0.4, 0.5) is 33.5 Å². The normalized spacial score (nSPS) is 12.5. The zero-order valence-electron chi connectivity index (χ0n) is 20.5. The molecule has 2 amide bonds. The van der Waals surface area contributed by atoms with Gasteiger partial charge in [0.25, 0.3) is 30.4 Å². The first-order chi connectivity index (χ1) is 19.8. The van der Waals surface area contributed by atoms with Gasteiger partial charge in [0.15, 0.2) is 0 Å². The Labute approximate surface area is 251 Å². The lowest BCUT2D eigenvalue weighted by atomic mass is 10.1. The highest BCUT2D eigenvalue weighted by Crippen LogP contribution is 2.37. The van der Waals surface area contributed by atoms with E-state index in [0.717, 1.165) is 6.07 Å². The molecule has 18 nitrogen and oxygen atoms in total. The third-order valence-electron chi connectivity index (χ3n) is 5.17. The van der Waals surface area contributed by atoms with Gasteiger partial charge >= 0.3 is 6.03 Å². The molecular formula is C20H14Cl2N8O10S3. The first-order valence-corrected chi connectivity index (χ1v) is 15.9. The first kappa shape index (κ1) is 31.8. The fourth-order valence-electron chi connectivity index (χ4n) is 3.55. The van der Waals surface area contributed by atoms with Crippen molar-refractivity contribution in [2.45, 2.75) is 14.7 Å². The van der Waals surface area contributed by atoms with Crippen LogP contribution in [0, 0.1) is 0 Å². The summed E-state index contributed by atoms with van der Waals surface area (Å²) in [6, 6.07) is 5.53. The number of azo groups is 1. The zero-order valence-corrected chi connectivity index (χ0v) is 24.5. The van der Waals surface area contributed by atoms with Crippen LogP contribution in [0.3, 0.4) is 0 Å². The molecule has 1 aromatic heterocycles. The molecule has 7 N–H and O–H groups in total. The summed E-state index contributed by atoms with van der Waals surface area (Å²) in [4.78, 5) is 19.6. The van der Waals surface area contributed by atoms with Crippen molar-refractivity contribution in [1.82, 2.24) is 15.0 Å². The van der Waals surface area contributed by atoms with E-state index in [4.69, 9.17) is 28.9 Å². The van der Waals surface area contributed by atoms with Crippen LogP contribution in [0.2, 0.25) is 10.6 Å². The molecule has 0 saturated carbocycles. The molecule has 0 aliphatic carbocycles. The van der Waals surface area contributed by atoms with E-state index in [-0.39, 0.29) is 33.6 Å². The molecule has 0 atom stereocenters. The van der Waals surface area contributed by atoms with Crippen molar-refractivity contribution >= 4 is 99.1 Å². The maximum atomic E-state index is 12.2. The van der Waals surface area contributed by atoms with E-state index in [9.17, 15) is 43.7 Å². The topological polar surface area (TPSA) is 294 Å². The highest BCUT2D eigenvalue weighted by Gasteiger charge is 2.25. The summed E-state index contributed by atoms with van der Waals surface area (Å²) in [5, 5.41) is 11.0. The Kier molecular flexibility index (Phi) is 8.54. The number of carbonyl (C=O) groups is 1. The number of nitrogens with two attached hydrogens (primary N) is 1. The highest BCUT2D eigenvalue weighted by atomic mass is 35.5. The number of hydrogen-bond acceptors (Lipinski definition) is 13. The molecule has 0 aliphatic heterocycles. The van der Waals surface area contributed by atoms with Gasteiger partial charge in [0.2, 0.25) is 16.5 Å². The first-order valence-electron chi connectivity index (χ1n) is 10.8. The summed E-state index contributed by atoms with van der Waals surface area (Å²) in [5.74, 6) is -0.0647. The van der Waals surface area contributed by atoms with Gasteiger partial charge in [-0.25, -0.2) is 4.79 Å². The summed E-state index contributed by atoms with van der Waals surface area (Å²) in [5.41, 5.74) is 4.92. The molecule has 0 radical (unpaired) electrons. The minimum atomic E-state index is -5.24. The van der Waals surface area contributed by atoms with Crippen LogP contribution in [0.15, 0.2) is 67.4 Å². The molecule has 0 unspecified atom stereocenters. The van der Waals surface area contributed by atoms with Crippen LogP contribution in [0.25, 0.3) is 10.8 Å². The smallest absolute Gasteiger partial charge is 0.316 e. The van der Waals surface area contributed by atoms with Crippen LogP contribution in [0.1, 0.15) is 0 Å². The van der Waals surface area contributed by atoms with E-state index in [1.807, 2.05) is 0 Å². The monoisotopic (exact) mass is 692 g/mol. The number of primary amides is 1. The van der Waals surface area contributed by atoms with Gasteiger partial charge in [0, 0.05) is 16.5 Å². The van der Waals surface area contributed by atoms with Crippen molar-refractivity contribution in [1.29, 1.82) is 0 Å². The molecule has 1 heterocycles. The molecule has 226 valence electrons. The third kappa shape index (κ3) is 7.66. The number of rotatable bonds is 8. The second-order valence-electron chi connectivity index (χ2n) is 8.13. The number of anilines is 3. The molecule has 4 aromatic rings. The molecule has 4 rings (SSSR count). The van der Waals surface area contributed by atoms with Gasteiger partial charge in [-0.15, -0.1) is 5.11 Å². The minimum absolute atomic E-state index is 0.0558. The van der Waals surface area contributed by atoms with Crippen molar-refractivity contribution < 1.29 is 43.7 Å². The lowest BCUT2D eigenvalue weighted by molar-refractivity contribution is 0.259. The van der Waals surface area contributed by atoms with E-state index < -0.39 is 67.5 Å². The summed E-state index contributed by atoms with van der Waals surface area (Å²) in [7, 11) is -15.5. The van der Waals surface area contributed by atoms with Crippen molar-refractivity contribution in [3.05, 3.63) is 53.0 Å². The van der Waals surface area contributed by atoms with Gasteiger partial charge in [-0.2, -0.15) is 45.3 Å². The van der Waals surface area contributed by atoms with Gasteiger partial charge in [-0.1, -0.05) is 0 Å². The van der Waals surface area contributed by atoms with Gasteiger partial charge in [0.1, 0.15) is 15.5 Å². The SMILES string of the molecule is NC(=O)Nc1cc(Nc2nc(Cl)nc(Cl)n2)ccc1/N=N/c1cc(S(=O)(=O)O)c2cc(S(=O)(=O)O)cc(S(=O)(=O)O)c2c1. The summed E-state index contributed by atoms with van der Waals surface area (Å²) >= 11 is 11.5. The molecule has 0 bridgehead atoms. The Morgan fingerprint density at radius 3 is 1.91 bits per heavy atom. The Morgan fingerprint density at radius 1 is 0.767 bits per heavy atom. The standard InChI is InChI=1S/C20H14Cl2N8O10S3/c21-17-26-18(22)28-20(27-17)24-8-1-2-13(14(4-8)25-19(23)31)30-29-9-3-11-12(15(5-9)42(35,36)37)6-10(41(32,33)34)7-16(11)43(38,39)40/h1-7H,(H3,23,25,31)(H,32,33,34)(H,35,36,37)(H,38,39,40)(H,24,26,27,28)/b30-29+. The van der Waals surface area contributed by atoms with Gasteiger partial charge < -0.3 is 16.4 Å². The van der Waals surface area contributed by atoms with E-state index in [1.165, 1.54) is 18.2 Å². The average molecular weight is 693 g/mol.